The van der Waals surface area contributed by atoms with Gasteiger partial charge in [-0.15, -0.1) is 6.58 Å². The van der Waals surface area contributed by atoms with E-state index in [2.05, 4.69) is 16.5 Å². The van der Waals surface area contributed by atoms with Gasteiger partial charge in [0.25, 0.3) is 0 Å². The summed E-state index contributed by atoms with van der Waals surface area (Å²) in [6, 6.07) is 9.69. The van der Waals surface area contributed by atoms with Crippen molar-refractivity contribution in [3.63, 3.8) is 0 Å². The molecule has 3 aromatic rings. The van der Waals surface area contributed by atoms with Gasteiger partial charge in [-0.2, -0.15) is 0 Å². The molecule has 0 aliphatic carbocycles. The van der Waals surface area contributed by atoms with Gasteiger partial charge in [-0.1, -0.05) is 24.3 Å². The number of aromatic nitrogens is 2. The van der Waals surface area contributed by atoms with Crippen molar-refractivity contribution in [1.82, 2.24) is 9.97 Å². The third kappa shape index (κ3) is 4.94. The van der Waals surface area contributed by atoms with Crippen molar-refractivity contribution in [3.05, 3.63) is 54.9 Å². The van der Waals surface area contributed by atoms with Gasteiger partial charge in [-0.05, 0) is 24.5 Å². The predicted octanol–water partition coefficient (Wildman–Crippen LogP) is -0.0426. The summed E-state index contributed by atoms with van der Waals surface area (Å²) in [6.07, 6.45) is -7.23. The zero-order valence-corrected chi connectivity index (χ0v) is 21.2. The van der Waals surface area contributed by atoms with Crippen molar-refractivity contribution in [3.8, 4) is 0 Å². The van der Waals surface area contributed by atoms with E-state index in [1.54, 1.807) is 6.20 Å². The Labute approximate surface area is 223 Å². The van der Waals surface area contributed by atoms with Crippen LogP contribution >= 0.6 is 0 Å². The van der Waals surface area contributed by atoms with Crippen LogP contribution in [0.3, 0.4) is 0 Å². The maximum absolute atomic E-state index is 12.8. The summed E-state index contributed by atoms with van der Waals surface area (Å²) in [5.74, 6) is -3.26. The fourth-order valence-electron chi connectivity index (χ4n) is 5.59. The molecular weight excluding hydrogens is 512 g/mol. The van der Waals surface area contributed by atoms with Gasteiger partial charge in [0.05, 0.1) is 24.9 Å². The molecule has 12 nitrogen and oxygen atoms in total. The van der Waals surface area contributed by atoms with E-state index in [-0.39, 0.29) is 6.42 Å². The lowest BCUT2D eigenvalue weighted by atomic mass is 9.75. The number of para-hydroxylation sites is 1. The fraction of sp³-hybridized carbons (Fsp3) is 0.481. The molecule has 5 unspecified atom stereocenters. The van der Waals surface area contributed by atoms with Crippen LogP contribution in [-0.4, -0.2) is 98.5 Å². The van der Waals surface area contributed by atoms with Gasteiger partial charge in [-0.25, -0.2) is 0 Å². The molecular formula is C27H32N2O10. The molecule has 2 fully saturated rings. The number of nitrogens with one attached hydrogen (secondary N) is 1. The second-order valence-electron chi connectivity index (χ2n) is 9.81. The molecule has 2 aliphatic heterocycles. The number of ether oxygens (including phenoxy) is 4. The van der Waals surface area contributed by atoms with Crippen LogP contribution in [0.25, 0.3) is 21.8 Å². The van der Waals surface area contributed by atoms with E-state index >= 15 is 0 Å². The first-order valence-electron chi connectivity index (χ1n) is 12.6. The molecule has 2 aliphatic rings. The van der Waals surface area contributed by atoms with Crippen LogP contribution in [0.4, 0.5) is 0 Å². The van der Waals surface area contributed by atoms with E-state index in [1.165, 1.54) is 13.2 Å². The number of fused-ring (bicyclic) bond motifs is 3. The van der Waals surface area contributed by atoms with Gasteiger partial charge >= 0.3 is 5.97 Å². The summed E-state index contributed by atoms with van der Waals surface area (Å²) < 4.78 is 21.9. The minimum absolute atomic E-state index is 0.190. The number of methoxy groups -OCH3 is 1. The molecule has 0 bridgehead atoms. The number of hydrogen-bond acceptors (Lipinski definition) is 11. The lowest BCUT2D eigenvalue weighted by Crippen LogP contribution is -2.61. The van der Waals surface area contributed by atoms with Crippen LogP contribution in [0.5, 0.6) is 0 Å². The number of H-pyrrole nitrogens is 1. The molecule has 2 aromatic heterocycles. The van der Waals surface area contributed by atoms with Gasteiger partial charge in [0.1, 0.15) is 30.3 Å². The minimum atomic E-state index is -1.69. The number of nitrogens with zero attached hydrogens (tertiary/aromatic N) is 1. The molecule has 0 spiro atoms. The molecule has 12 heteroatoms. The molecule has 0 amide bonds. The monoisotopic (exact) mass is 544 g/mol. The highest BCUT2D eigenvalue weighted by atomic mass is 16.8. The number of aliphatic hydroxyl groups is 5. The Hall–Kier alpha value is -2.94. The smallest absolute Gasteiger partial charge is 0.314 e. The highest BCUT2D eigenvalue weighted by molar-refractivity contribution is 6.07. The zero-order valence-electron chi connectivity index (χ0n) is 21.2. The van der Waals surface area contributed by atoms with Crippen LogP contribution in [0.1, 0.15) is 5.69 Å². The summed E-state index contributed by atoms with van der Waals surface area (Å²) in [7, 11) is 1.21. The largest absolute Gasteiger partial charge is 0.469 e. The van der Waals surface area contributed by atoms with Crippen LogP contribution in [0, 0.1) is 17.8 Å². The fourth-order valence-corrected chi connectivity index (χ4v) is 5.59. The van der Waals surface area contributed by atoms with Crippen LogP contribution in [0.15, 0.2) is 49.2 Å². The number of hydrogen-bond donors (Lipinski definition) is 6. The number of rotatable bonds is 7. The topological polar surface area (TPSA) is 184 Å². The summed E-state index contributed by atoms with van der Waals surface area (Å²) >= 11 is 0. The van der Waals surface area contributed by atoms with Crippen LogP contribution < -0.4 is 0 Å². The van der Waals surface area contributed by atoms with Crippen LogP contribution in [-0.2, 0) is 30.2 Å². The highest BCUT2D eigenvalue weighted by Gasteiger charge is 2.52. The Morgan fingerprint density at radius 3 is 2.56 bits per heavy atom. The summed E-state index contributed by atoms with van der Waals surface area (Å²) in [5.41, 5.74) is 2.33. The van der Waals surface area contributed by atoms with Crippen molar-refractivity contribution < 1.29 is 49.3 Å². The lowest BCUT2D eigenvalue weighted by molar-refractivity contribution is -0.375. The normalized spacial score (nSPS) is 35.2. The Kier molecular flexibility index (Phi) is 7.99. The first-order chi connectivity index (χ1) is 18.8. The van der Waals surface area contributed by atoms with Crippen molar-refractivity contribution in [2.75, 3.05) is 13.7 Å². The number of aromatic amines is 1. The first kappa shape index (κ1) is 27.6. The van der Waals surface area contributed by atoms with Gasteiger partial charge in [0.15, 0.2) is 18.9 Å². The molecule has 210 valence electrons. The Morgan fingerprint density at radius 1 is 1.08 bits per heavy atom. The van der Waals surface area contributed by atoms with E-state index in [0.717, 1.165) is 21.8 Å². The Bertz CT molecular complexity index is 1330. The summed E-state index contributed by atoms with van der Waals surface area (Å²) in [5, 5.41) is 53.1. The SMILES string of the molecule is C=CC1C(O[C@@H]2O[C@H](CO)[C@@H](O)[C@@H](O)[C@H]2O)OC(O)C(C(=O)OC)C1Cc1nccc2c1[nH]c1ccccc12. The minimum Gasteiger partial charge on any atom is -0.469 e. The maximum atomic E-state index is 12.8. The average Bonchev–Trinajstić information content (AvgIpc) is 3.33. The molecule has 6 N–H and O–H groups in total. The van der Waals surface area contributed by atoms with E-state index in [4.69, 9.17) is 18.9 Å². The van der Waals surface area contributed by atoms with E-state index in [9.17, 15) is 30.3 Å². The predicted molar refractivity (Wildman–Crippen MR) is 136 cm³/mol. The Balaban J connectivity index is 1.49. The number of pyridine rings is 1. The first-order valence-corrected chi connectivity index (χ1v) is 12.6. The molecule has 4 heterocycles. The number of aliphatic hydroxyl groups excluding tert-OH is 5. The zero-order chi connectivity index (χ0) is 27.8. The average molecular weight is 545 g/mol. The highest BCUT2D eigenvalue weighted by Crippen LogP contribution is 2.41. The van der Waals surface area contributed by atoms with Crippen molar-refractivity contribution in [1.29, 1.82) is 0 Å². The molecule has 5 rings (SSSR count). The third-order valence-electron chi connectivity index (χ3n) is 7.65. The number of benzene rings is 1. The summed E-state index contributed by atoms with van der Waals surface area (Å²) in [6.45, 7) is 3.24. The second kappa shape index (κ2) is 11.3. The van der Waals surface area contributed by atoms with E-state index in [0.29, 0.717) is 5.69 Å². The summed E-state index contributed by atoms with van der Waals surface area (Å²) in [4.78, 5) is 20.8. The molecule has 1 aromatic carbocycles. The van der Waals surface area contributed by atoms with Gasteiger partial charge in [-0.3, -0.25) is 9.78 Å². The lowest BCUT2D eigenvalue weighted by Gasteiger charge is -2.46. The molecule has 0 saturated carbocycles. The molecule has 10 atom stereocenters. The standard InChI is InChI=1S/C27H32N2O10/c1-3-12-15(10-17-20-14(8-9-28-17)13-6-4-5-7-16(13)29-20)19(24(34)36-2)25(35)38-26(12)39-27-23(33)22(32)21(31)18(11-30)37-27/h3-9,12,15,18-19,21-23,25-27,29-33,35H,1,10-11H2,2H3/t12?,15?,18-,19?,21-,22-,23-,25?,26?,27+/m1/s1. The molecule has 39 heavy (non-hydrogen) atoms. The van der Waals surface area contributed by atoms with Gasteiger partial charge in [0.2, 0.25) is 0 Å². The van der Waals surface area contributed by atoms with Gasteiger partial charge < -0.3 is 49.5 Å². The second-order valence-corrected chi connectivity index (χ2v) is 9.81. The Morgan fingerprint density at radius 2 is 1.85 bits per heavy atom. The molecule has 0 radical (unpaired) electrons. The van der Waals surface area contributed by atoms with E-state index < -0.39 is 73.6 Å². The van der Waals surface area contributed by atoms with Crippen molar-refractivity contribution >= 4 is 27.8 Å². The third-order valence-corrected chi connectivity index (χ3v) is 7.65. The quantitative estimate of drug-likeness (QED) is 0.173. The molecule has 2 saturated heterocycles. The van der Waals surface area contributed by atoms with Crippen molar-refractivity contribution in [2.45, 2.75) is 49.7 Å². The van der Waals surface area contributed by atoms with Crippen molar-refractivity contribution in [2.24, 2.45) is 17.8 Å². The van der Waals surface area contributed by atoms with E-state index in [1.807, 2.05) is 30.3 Å². The number of esters is 1. The van der Waals surface area contributed by atoms with Crippen LogP contribution in [0.2, 0.25) is 0 Å². The number of carbonyl (C=O) groups is 1. The van der Waals surface area contributed by atoms with Gasteiger partial charge in [0, 0.05) is 28.4 Å². The number of carbonyl (C=O) groups excluding carboxylic acids is 1. The maximum Gasteiger partial charge on any atom is 0.314 e.